The lowest BCUT2D eigenvalue weighted by Gasteiger charge is -2.18. The van der Waals surface area contributed by atoms with E-state index in [2.05, 4.69) is 5.32 Å². The molecule has 1 unspecified atom stereocenters. The van der Waals surface area contributed by atoms with Crippen molar-refractivity contribution in [2.45, 2.75) is 26.2 Å². The third-order valence-electron chi connectivity index (χ3n) is 3.73. The molecular formula is C15H20ClN3O2. The van der Waals surface area contributed by atoms with Gasteiger partial charge in [0.15, 0.2) is 0 Å². The summed E-state index contributed by atoms with van der Waals surface area (Å²) in [4.78, 5) is 25.4. The van der Waals surface area contributed by atoms with E-state index in [9.17, 15) is 9.59 Å². The number of nitrogens with zero attached hydrogens (tertiary/aromatic N) is 1. The topological polar surface area (TPSA) is 75.4 Å². The summed E-state index contributed by atoms with van der Waals surface area (Å²) in [6.07, 6.45) is 2.10. The number of benzene rings is 1. The number of rotatable bonds is 5. The van der Waals surface area contributed by atoms with Crippen molar-refractivity contribution in [3.8, 4) is 0 Å². The fourth-order valence-corrected chi connectivity index (χ4v) is 2.69. The Kier molecular flexibility index (Phi) is 5.20. The molecule has 0 radical (unpaired) electrons. The van der Waals surface area contributed by atoms with Crippen LogP contribution in [0.2, 0.25) is 5.02 Å². The molecule has 0 aromatic heterocycles. The highest BCUT2D eigenvalue weighted by molar-refractivity contribution is 6.34. The van der Waals surface area contributed by atoms with Crippen LogP contribution in [-0.2, 0) is 9.59 Å². The molecule has 1 heterocycles. The summed E-state index contributed by atoms with van der Waals surface area (Å²) >= 11 is 6.24. The van der Waals surface area contributed by atoms with Gasteiger partial charge in [0.05, 0.1) is 16.6 Å². The summed E-state index contributed by atoms with van der Waals surface area (Å²) in [5, 5.41) is 3.27. The van der Waals surface area contributed by atoms with Crippen molar-refractivity contribution in [3.05, 3.63) is 23.2 Å². The molecule has 1 fully saturated rings. The molecule has 2 amide bonds. The standard InChI is InChI=1S/C15H20ClN3O2/c1-2-10(9-17)15(21)18-11-5-6-13(12(16)8-11)19-7-3-4-14(19)20/h5-6,8,10H,2-4,7,9,17H2,1H3,(H,18,21). The van der Waals surface area contributed by atoms with E-state index in [0.29, 0.717) is 42.3 Å². The van der Waals surface area contributed by atoms with Crippen LogP contribution in [0, 0.1) is 5.92 Å². The van der Waals surface area contributed by atoms with Gasteiger partial charge in [0.1, 0.15) is 0 Å². The number of amides is 2. The van der Waals surface area contributed by atoms with Crippen LogP contribution < -0.4 is 16.0 Å². The third kappa shape index (κ3) is 3.54. The Morgan fingerprint density at radius 1 is 1.52 bits per heavy atom. The zero-order valence-electron chi connectivity index (χ0n) is 12.1. The van der Waals surface area contributed by atoms with E-state index >= 15 is 0 Å². The predicted octanol–water partition coefficient (Wildman–Crippen LogP) is 2.39. The van der Waals surface area contributed by atoms with Gasteiger partial charge in [-0.25, -0.2) is 0 Å². The maximum absolute atomic E-state index is 12.0. The van der Waals surface area contributed by atoms with E-state index in [1.165, 1.54) is 0 Å². The van der Waals surface area contributed by atoms with Crippen molar-refractivity contribution in [3.63, 3.8) is 0 Å². The minimum atomic E-state index is -0.205. The second kappa shape index (κ2) is 6.91. The van der Waals surface area contributed by atoms with Crippen LogP contribution in [0.1, 0.15) is 26.2 Å². The van der Waals surface area contributed by atoms with E-state index in [1.807, 2.05) is 6.92 Å². The van der Waals surface area contributed by atoms with Gasteiger partial charge >= 0.3 is 0 Å². The first-order valence-electron chi connectivity index (χ1n) is 7.17. The Balaban J connectivity index is 2.12. The SMILES string of the molecule is CCC(CN)C(=O)Nc1ccc(N2CCCC2=O)c(Cl)c1. The second-order valence-electron chi connectivity index (χ2n) is 5.15. The lowest BCUT2D eigenvalue weighted by Crippen LogP contribution is -2.28. The summed E-state index contributed by atoms with van der Waals surface area (Å²) in [5.41, 5.74) is 6.87. The molecule has 1 aromatic rings. The third-order valence-corrected chi connectivity index (χ3v) is 4.03. The molecule has 114 valence electrons. The first-order valence-corrected chi connectivity index (χ1v) is 7.55. The van der Waals surface area contributed by atoms with Crippen molar-refractivity contribution >= 4 is 34.8 Å². The molecule has 0 bridgehead atoms. The van der Waals surface area contributed by atoms with Crippen molar-refractivity contribution in [2.75, 3.05) is 23.3 Å². The number of nitrogens with two attached hydrogens (primary N) is 1. The van der Waals surface area contributed by atoms with E-state index in [1.54, 1.807) is 23.1 Å². The van der Waals surface area contributed by atoms with Gasteiger partial charge in [0.25, 0.3) is 0 Å². The number of anilines is 2. The zero-order chi connectivity index (χ0) is 15.4. The van der Waals surface area contributed by atoms with Crippen LogP contribution in [-0.4, -0.2) is 24.9 Å². The summed E-state index contributed by atoms with van der Waals surface area (Å²) < 4.78 is 0. The summed E-state index contributed by atoms with van der Waals surface area (Å²) in [7, 11) is 0. The van der Waals surface area contributed by atoms with Crippen LogP contribution in [0.15, 0.2) is 18.2 Å². The predicted molar refractivity (Wildman–Crippen MR) is 84.5 cm³/mol. The quantitative estimate of drug-likeness (QED) is 0.877. The molecule has 2 rings (SSSR count). The van der Waals surface area contributed by atoms with Crippen LogP contribution in [0.4, 0.5) is 11.4 Å². The van der Waals surface area contributed by atoms with Gasteiger partial charge in [0.2, 0.25) is 11.8 Å². The Morgan fingerprint density at radius 2 is 2.29 bits per heavy atom. The largest absolute Gasteiger partial charge is 0.330 e. The Bertz CT molecular complexity index is 544. The normalized spacial score (nSPS) is 16.1. The maximum atomic E-state index is 12.0. The van der Waals surface area contributed by atoms with Gasteiger partial charge < -0.3 is 16.0 Å². The van der Waals surface area contributed by atoms with E-state index in [4.69, 9.17) is 17.3 Å². The van der Waals surface area contributed by atoms with Crippen LogP contribution in [0.3, 0.4) is 0 Å². The van der Waals surface area contributed by atoms with E-state index in [-0.39, 0.29) is 17.7 Å². The lowest BCUT2D eigenvalue weighted by atomic mass is 10.1. The van der Waals surface area contributed by atoms with Crippen molar-refractivity contribution in [1.82, 2.24) is 0 Å². The minimum Gasteiger partial charge on any atom is -0.330 e. The maximum Gasteiger partial charge on any atom is 0.228 e. The lowest BCUT2D eigenvalue weighted by molar-refractivity contribution is -0.119. The first kappa shape index (κ1) is 15.8. The number of halogens is 1. The molecule has 0 aliphatic carbocycles. The Morgan fingerprint density at radius 3 is 2.81 bits per heavy atom. The van der Waals surface area contributed by atoms with Gasteiger partial charge in [-0.1, -0.05) is 18.5 Å². The number of carbonyl (C=O) groups excluding carboxylic acids is 2. The highest BCUT2D eigenvalue weighted by Crippen LogP contribution is 2.31. The Labute approximate surface area is 129 Å². The smallest absolute Gasteiger partial charge is 0.228 e. The molecule has 21 heavy (non-hydrogen) atoms. The first-order chi connectivity index (χ1) is 10.1. The molecule has 1 aromatic carbocycles. The van der Waals surface area contributed by atoms with Gasteiger partial charge in [-0.05, 0) is 31.0 Å². The van der Waals surface area contributed by atoms with Gasteiger partial charge in [-0.15, -0.1) is 0 Å². The molecule has 3 N–H and O–H groups in total. The fourth-order valence-electron chi connectivity index (χ4n) is 2.41. The van der Waals surface area contributed by atoms with Gasteiger partial charge in [-0.3, -0.25) is 9.59 Å². The van der Waals surface area contributed by atoms with E-state index in [0.717, 1.165) is 6.42 Å². The van der Waals surface area contributed by atoms with Crippen LogP contribution >= 0.6 is 11.6 Å². The number of hydrogen-bond donors (Lipinski definition) is 2. The zero-order valence-corrected chi connectivity index (χ0v) is 12.8. The molecule has 0 saturated carbocycles. The number of nitrogens with one attached hydrogen (secondary N) is 1. The molecule has 5 nitrogen and oxygen atoms in total. The molecule has 0 spiro atoms. The minimum absolute atomic E-state index is 0.0860. The highest BCUT2D eigenvalue weighted by atomic mass is 35.5. The molecular weight excluding hydrogens is 290 g/mol. The Hall–Kier alpha value is -1.59. The molecule has 6 heteroatoms. The van der Waals surface area contributed by atoms with Crippen molar-refractivity contribution < 1.29 is 9.59 Å². The van der Waals surface area contributed by atoms with Crippen molar-refractivity contribution in [2.24, 2.45) is 11.7 Å². The average molecular weight is 310 g/mol. The van der Waals surface area contributed by atoms with Gasteiger partial charge in [-0.2, -0.15) is 0 Å². The average Bonchev–Trinajstić information content (AvgIpc) is 2.86. The van der Waals surface area contributed by atoms with E-state index < -0.39 is 0 Å². The van der Waals surface area contributed by atoms with Gasteiger partial charge in [0, 0.05) is 25.2 Å². The highest BCUT2D eigenvalue weighted by Gasteiger charge is 2.24. The fraction of sp³-hybridized carbons (Fsp3) is 0.467. The summed E-state index contributed by atoms with van der Waals surface area (Å²) in [6, 6.07) is 5.20. The molecule has 1 aliphatic heterocycles. The monoisotopic (exact) mass is 309 g/mol. The van der Waals surface area contributed by atoms with Crippen molar-refractivity contribution in [1.29, 1.82) is 0 Å². The number of hydrogen-bond acceptors (Lipinski definition) is 3. The summed E-state index contributed by atoms with van der Waals surface area (Å²) in [5.74, 6) is -0.229. The number of carbonyl (C=O) groups is 2. The second-order valence-corrected chi connectivity index (χ2v) is 5.55. The molecule has 1 atom stereocenters. The molecule has 1 aliphatic rings. The summed E-state index contributed by atoms with van der Waals surface area (Å²) in [6.45, 7) is 2.93. The van der Waals surface area contributed by atoms with Crippen LogP contribution in [0.25, 0.3) is 0 Å². The molecule has 1 saturated heterocycles. The van der Waals surface area contributed by atoms with Crippen LogP contribution in [0.5, 0.6) is 0 Å².